The van der Waals surface area contributed by atoms with Crippen molar-refractivity contribution in [1.82, 2.24) is 0 Å². The van der Waals surface area contributed by atoms with E-state index in [9.17, 15) is 15.2 Å². The van der Waals surface area contributed by atoms with Gasteiger partial charge in [-0.15, -0.1) is 0 Å². The van der Waals surface area contributed by atoms with E-state index in [4.69, 9.17) is 0 Å². The molecule has 0 unspecified atom stereocenters. The summed E-state index contributed by atoms with van der Waals surface area (Å²) in [5.74, 6) is 0. The summed E-state index contributed by atoms with van der Waals surface area (Å²) in [7, 11) is 0. The molecule has 0 saturated heterocycles. The Morgan fingerprint density at radius 1 is 1.64 bits per heavy atom. The molecule has 0 aliphatic carbocycles. The molecule has 0 fully saturated rings. The van der Waals surface area contributed by atoms with Crippen LogP contribution in [0.3, 0.4) is 0 Å². The first kappa shape index (κ1) is 10.4. The summed E-state index contributed by atoms with van der Waals surface area (Å²) in [4.78, 5) is 9.95. The van der Waals surface area contributed by atoms with E-state index in [1.54, 1.807) is 0 Å². The molecule has 0 radical (unpaired) electrons. The normalized spacial score (nSPS) is 14.5. The Balaban J connectivity index is 4.17. The molecule has 1 N–H and O–H groups in total. The van der Waals surface area contributed by atoms with Gasteiger partial charge in [0.15, 0.2) is 0 Å². The van der Waals surface area contributed by atoms with E-state index in [0.717, 1.165) is 6.42 Å². The minimum Gasteiger partial charge on any atom is -0.386 e. The Labute approximate surface area is 66.4 Å². The van der Waals surface area contributed by atoms with E-state index in [-0.39, 0.29) is 0 Å². The number of rotatable bonds is 4. The average molecular weight is 161 g/mol. The molecule has 1 atom stereocenters. The molecule has 66 valence electrons. The van der Waals surface area contributed by atoms with Gasteiger partial charge in [-0.1, -0.05) is 13.3 Å². The summed E-state index contributed by atoms with van der Waals surface area (Å²) in [6.07, 6.45) is 0.398. The van der Waals surface area contributed by atoms with Gasteiger partial charge < -0.3 is 5.11 Å². The van der Waals surface area contributed by atoms with Crippen LogP contribution in [0.2, 0.25) is 0 Å². The molecule has 0 aliphatic heterocycles. The molecule has 4 nitrogen and oxygen atoms in total. The van der Waals surface area contributed by atoms with Gasteiger partial charge in [0.25, 0.3) is 0 Å². The summed E-state index contributed by atoms with van der Waals surface area (Å²) in [6.45, 7) is 4.76. The first-order valence-corrected chi connectivity index (χ1v) is 3.75. The quantitative estimate of drug-likeness (QED) is 0.497. The van der Waals surface area contributed by atoms with Gasteiger partial charge in [0, 0.05) is 18.8 Å². The van der Waals surface area contributed by atoms with E-state index in [1.165, 1.54) is 13.8 Å². The molecule has 0 aliphatic rings. The lowest BCUT2D eigenvalue weighted by Crippen LogP contribution is -2.43. The molecule has 0 aromatic heterocycles. The molecule has 0 aromatic rings. The van der Waals surface area contributed by atoms with Gasteiger partial charge in [-0.2, -0.15) is 0 Å². The summed E-state index contributed by atoms with van der Waals surface area (Å²) < 4.78 is 0. The van der Waals surface area contributed by atoms with Crippen LogP contribution in [0.25, 0.3) is 0 Å². The highest BCUT2D eigenvalue weighted by molar-refractivity contribution is 4.76. The molecule has 0 bridgehead atoms. The zero-order valence-corrected chi connectivity index (χ0v) is 7.20. The standard InChI is InChI=1S/C7H15NO3/c1-4-5-6(9)7(2,3)8(10)11/h6,9H,4-5H2,1-3H3/t6-/m0/s1. The second-order valence-corrected chi connectivity index (χ2v) is 3.22. The van der Waals surface area contributed by atoms with Crippen LogP contribution in [-0.4, -0.2) is 21.7 Å². The molecule has 0 heterocycles. The van der Waals surface area contributed by atoms with Gasteiger partial charge in [-0.05, 0) is 6.42 Å². The van der Waals surface area contributed by atoms with E-state index in [1.807, 2.05) is 6.92 Å². The number of nitrogens with zero attached hydrogens (tertiary/aromatic N) is 1. The van der Waals surface area contributed by atoms with E-state index in [2.05, 4.69) is 0 Å². The predicted octanol–water partition coefficient (Wildman–Crippen LogP) is 1.20. The van der Waals surface area contributed by atoms with E-state index < -0.39 is 16.6 Å². The minimum absolute atomic E-state index is 0.437. The predicted molar refractivity (Wildman–Crippen MR) is 42.0 cm³/mol. The Bertz CT molecular complexity index is 145. The van der Waals surface area contributed by atoms with Crippen LogP contribution in [-0.2, 0) is 0 Å². The lowest BCUT2D eigenvalue weighted by molar-refractivity contribution is -0.573. The SMILES string of the molecule is CCC[C@H](O)C(C)(C)[N+](=O)[O-]. The maximum Gasteiger partial charge on any atom is 0.242 e. The lowest BCUT2D eigenvalue weighted by Gasteiger charge is -2.21. The molecule has 0 amide bonds. The maximum atomic E-state index is 10.4. The van der Waals surface area contributed by atoms with Crippen molar-refractivity contribution in [1.29, 1.82) is 0 Å². The molecule has 0 rings (SSSR count). The Kier molecular flexibility index (Phi) is 3.45. The van der Waals surface area contributed by atoms with Gasteiger partial charge in [0.05, 0.1) is 0 Å². The number of hydrogen-bond donors (Lipinski definition) is 1. The second kappa shape index (κ2) is 3.67. The topological polar surface area (TPSA) is 63.4 Å². The van der Waals surface area contributed by atoms with Crippen molar-refractivity contribution in [3.05, 3.63) is 10.1 Å². The third-order valence-electron chi connectivity index (χ3n) is 1.85. The summed E-state index contributed by atoms with van der Waals surface area (Å²) in [5, 5.41) is 19.7. The zero-order valence-electron chi connectivity index (χ0n) is 7.20. The number of nitro groups is 1. The number of aliphatic hydroxyl groups is 1. The van der Waals surface area contributed by atoms with Gasteiger partial charge in [-0.25, -0.2) is 0 Å². The van der Waals surface area contributed by atoms with Crippen LogP contribution in [0.5, 0.6) is 0 Å². The van der Waals surface area contributed by atoms with Crippen molar-refractivity contribution in [2.45, 2.75) is 45.3 Å². The summed E-state index contributed by atoms with van der Waals surface area (Å²) in [6, 6.07) is 0. The van der Waals surface area contributed by atoms with Crippen LogP contribution in [0, 0.1) is 10.1 Å². The highest BCUT2D eigenvalue weighted by atomic mass is 16.6. The van der Waals surface area contributed by atoms with Crippen molar-refractivity contribution in [2.75, 3.05) is 0 Å². The first-order valence-electron chi connectivity index (χ1n) is 3.75. The fourth-order valence-electron chi connectivity index (χ4n) is 0.748. The third kappa shape index (κ3) is 2.46. The van der Waals surface area contributed by atoms with Gasteiger partial charge >= 0.3 is 0 Å². The van der Waals surface area contributed by atoms with Gasteiger partial charge in [0.2, 0.25) is 5.54 Å². The van der Waals surface area contributed by atoms with E-state index in [0.29, 0.717) is 6.42 Å². The first-order chi connectivity index (χ1) is 4.92. The van der Waals surface area contributed by atoms with Crippen molar-refractivity contribution < 1.29 is 10.0 Å². The number of aliphatic hydroxyl groups excluding tert-OH is 1. The van der Waals surface area contributed by atoms with Gasteiger partial charge in [-0.3, -0.25) is 10.1 Å². The Morgan fingerprint density at radius 2 is 2.09 bits per heavy atom. The molecule has 0 spiro atoms. The second-order valence-electron chi connectivity index (χ2n) is 3.22. The Morgan fingerprint density at radius 3 is 2.36 bits per heavy atom. The highest BCUT2D eigenvalue weighted by Gasteiger charge is 2.38. The zero-order chi connectivity index (χ0) is 9.07. The third-order valence-corrected chi connectivity index (χ3v) is 1.85. The lowest BCUT2D eigenvalue weighted by atomic mass is 9.95. The van der Waals surface area contributed by atoms with E-state index >= 15 is 0 Å². The minimum atomic E-state index is -1.21. The molecule has 0 aromatic carbocycles. The molecule has 4 heteroatoms. The van der Waals surface area contributed by atoms with Gasteiger partial charge in [0.1, 0.15) is 6.10 Å². The van der Waals surface area contributed by atoms with Crippen molar-refractivity contribution in [3.8, 4) is 0 Å². The average Bonchev–Trinajstić information content (AvgIpc) is 1.88. The summed E-state index contributed by atoms with van der Waals surface area (Å²) >= 11 is 0. The molecule has 11 heavy (non-hydrogen) atoms. The largest absolute Gasteiger partial charge is 0.386 e. The van der Waals surface area contributed by atoms with Crippen LogP contribution >= 0.6 is 0 Å². The highest BCUT2D eigenvalue weighted by Crippen LogP contribution is 2.17. The molecular formula is C7H15NO3. The van der Waals surface area contributed by atoms with Crippen molar-refractivity contribution >= 4 is 0 Å². The van der Waals surface area contributed by atoms with Crippen LogP contribution in [0.15, 0.2) is 0 Å². The monoisotopic (exact) mass is 161 g/mol. The van der Waals surface area contributed by atoms with Crippen molar-refractivity contribution in [3.63, 3.8) is 0 Å². The molecular weight excluding hydrogens is 146 g/mol. The summed E-state index contributed by atoms with van der Waals surface area (Å²) in [5.41, 5.74) is -1.21. The van der Waals surface area contributed by atoms with Crippen LogP contribution in [0.1, 0.15) is 33.6 Å². The molecule has 0 saturated carbocycles. The Hall–Kier alpha value is -0.640. The van der Waals surface area contributed by atoms with Crippen LogP contribution < -0.4 is 0 Å². The fourth-order valence-corrected chi connectivity index (χ4v) is 0.748. The van der Waals surface area contributed by atoms with Crippen molar-refractivity contribution in [2.24, 2.45) is 0 Å². The number of hydrogen-bond acceptors (Lipinski definition) is 3. The smallest absolute Gasteiger partial charge is 0.242 e. The maximum absolute atomic E-state index is 10.4. The fraction of sp³-hybridized carbons (Fsp3) is 1.00. The van der Waals surface area contributed by atoms with Crippen LogP contribution in [0.4, 0.5) is 0 Å².